The van der Waals surface area contributed by atoms with E-state index in [-0.39, 0.29) is 36.2 Å². The van der Waals surface area contributed by atoms with Crippen LogP contribution in [0.1, 0.15) is 30.6 Å². The average molecular weight is 377 g/mol. The van der Waals surface area contributed by atoms with Crippen LogP contribution in [0.2, 0.25) is 0 Å². The number of halogens is 1. The Balaban J connectivity index is 2.99. The van der Waals surface area contributed by atoms with Crippen molar-refractivity contribution in [3.8, 4) is 5.75 Å². The fraction of sp³-hybridized carbons (Fsp3) is 0.385. The van der Waals surface area contributed by atoms with Crippen LogP contribution in [0, 0.1) is 3.57 Å². The highest BCUT2D eigenvalue weighted by Gasteiger charge is 2.22. The molecule has 0 spiro atoms. The summed E-state index contributed by atoms with van der Waals surface area (Å²) in [5.41, 5.74) is 0.200. The molecule has 1 aromatic carbocycles. The summed E-state index contributed by atoms with van der Waals surface area (Å²) in [6.07, 6.45) is -0.116. The molecule has 0 aromatic heterocycles. The van der Waals surface area contributed by atoms with E-state index in [4.69, 9.17) is 5.11 Å². The van der Waals surface area contributed by atoms with E-state index in [1.807, 2.05) is 13.8 Å². The summed E-state index contributed by atoms with van der Waals surface area (Å²) in [4.78, 5) is 24.4. The van der Waals surface area contributed by atoms with Crippen molar-refractivity contribution in [2.45, 2.75) is 26.3 Å². The van der Waals surface area contributed by atoms with Gasteiger partial charge in [-0.15, -0.1) is 0 Å². The lowest BCUT2D eigenvalue weighted by Gasteiger charge is -2.26. The van der Waals surface area contributed by atoms with Gasteiger partial charge in [-0.25, -0.2) is 0 Å². The molecule has 1 rings (SSSR count). The summed E-state index contributed by atoms with van der Waals surface area (Å²) in [6.45, 7) is 3.74. The summed E-state index contributed by atoms with van der Waals surface area (Å²) in [5, 5.41) is 18.5. The first-order valence-corrected chi connectivity index (χ1v) is 6.92. The third kappa shape index (κ3) is 4.38. The number of carboxylic acid groups (broad SMARTS) is 1. The van der Waals surface area contributed by atoms with E-state index in [1.165, 1.54) is 11.0 Å². The van der Waals surface area contributed by atoms with Gasteiger partial charge in [-0.1, -0.05) is 0 Å². The van der Waals surface area contributed by atoms with Crippen molar-refractivity contribution in [3.05, 3.63) is 27.3 Å². The molecule has 0 fully saturated rings. The second kappa shape index (κ2) is 6.74. The van der Waals surface area contributed by atoms with Crippen molar-refractivity contribution < 1.29 is 19.8 Å². The number of amides is 1. The molecule has 0 aliphatic rings. The smallest absolute Gasteiger partial charge is 0.305 e. The highest BCUT2D eigenvalue weighted by Crippen LogP contribution is 2.22. The molecule has 2 N–H and O–H groups in total. The normalized spacial score (nSPS) is 10.5. The van der Waals surface area contributed by atoms with Gasteiger partial charge in [0.2, 0.25) is 0 Å². The quantitative estimate of drug-likeness (QED) is 0.773. The van der Waals surface area contributed by atoms with E-state index in [9.17, 15) is 14.7 Å². The maximum Gasteiger partial charge on any atom is 0.305 e. The van der Waals surface area contributed by atoms with Gasteiger partial charge in [0.1, 0.15) is 5.75 Å². The number of aliphatic carboxylic acids is 1. The Labute approximate surface area is 125 Å². The maximum atomic E-state index is 12.3. The van der Waals surface area contributed by atoms with Crippen molar-refractivity contribution in [2.75, 3.05) is 6.54 Å². The van der Waals surface area contributed by atoms with Gasteiger partial charge in [-0.05, 0) is 54.6 Å². The molecule has 0 atom stereocenters. The number of rotatable bonds is 5. The lowest BCUT2D eigenvalue weighted by atomic mass is 10.1. The van der Waals surface area contributed by atoms with Crippen molar-refractivity contribution in [1.29, 1.82) is 0 Å². The molecular formula is C13H16INO4. The predicted octanol–water partition coefficient (Wildman–Crippen LogP) is 2.32. The fourth-order valence-electron chi connectivity index (χ4n) is 1.64. The minimum Gasteiger partial charge on any atom is -0.507 e. The van der Waals surface area contributed by atoms with E-state index in [1.54, 1.807) is 12.1 Å². The average Bonchev–Trinajstić information content (AvgIpc) is 2.31. The molecule has 0 aliphatic carbocycles. The van der Waals surface area contributed by atoms with Crippen molar-refractivity contribution >= 4 is 34.5 Å². The number of hydrogen-bond acceptors (Lipinski definition) is 3. The zero-order valence-electron chi connectivity index (χ0n) is 10.8. The van der Waals surface area contributed by atoms with Crippen molar-refractivity contribution in [1.82, 2.24) is 4.90 Å². The van der Waals surface area contributed by atoms with Gasteiger partial charge < -0.3 is 15.1 Å². The molecule has 0 radical (unpaired) electrons. The van der Waals surface area contributed by atoms with Crippen LogP contribution in [0.15, 0.2) is 18.2 Å². The van der Waals surface area contributed by atoms with E-state index >= 15 is 0 Å². The number of benzene rings is 1. The summed E-state index contributed by atoms with van der Waals surface area (Å²) in [5.74, 6) is -1.40. The zero-order valence-corrected chi connectivity index (χ0v) is 12.9. The molecule has 0 aliphatic heterocycles. The SMILES string of the molecule is CC(C)N(CCC(=O)O)C(=O)c1cc(I)ccc1O. The third-order valence-electron chi connectivity index (χ3n) is 2.64. The highest BCUT2D eigenvalue weighted by atomic mass is 127. The number of aromatic hydroxyl groups is 1. The Kier molecular flexibility index (Phi) is 5.59. The van der Waals surface area contributed by atoms with Crippen LogP contribution in [-0.4, -0.2) is 39.6 Å². The lowest BCUT2D eigenvalue weighted by molar-refractivity contribution is -0.137. The zero-order chi connectivity index (χ0) is 14.6. The van der Waals surface area contributed by atoms with Gasteiger partial charge >= 0.3 is 5.97 Å². The Morgan fingerprint density at radius 1 is 1.37 bits per heavy atom. The van der Waals surface area contributed by atoms with Crippen LogP contribution in [-0.2, 0) is 4.79 Å². The number of nitrogens with zero attached hydrogens (tertiary/aromatic N) is 1. The number of phenols is 1. The van der Waals surface area contributed by atoms with Crippen LogP contribution >= 0.6 is 22.6 Å². The van der Waals surface area contributed by atoms with Crippen molar-refractivity contribution in [3.63, 3.8) is 0 Å². The number of phenolic OH excluding ortho intramolecular Hbond substituents is 1. The second-order valence-electron chi connectivity index (χ2n) is 4.40. The molecule has 0 saturated carbocycles. The molecule has 6 heteroatoms. The second-order valence-corrected chi connectivity index (χ2v) is 5.64. The van der Waals surface area contributed by atoms with Gasteiger partial charge in [0, 0.05) is 16.2 Å². The first-order chi connectivity index (χ1) is 8.82. The molecule has 1 aromatic rings. The molecule has 0 bridgehead atoms. The molecule has 1 amide bonds. The molecule has 0 unspecified atom stereocenters. The molecule has 0 saturated heterocycles. The number of carboxylic acids is 1. The Morgan fingerprint density at radius 3 is 2.53 bits per heavy atom. The number of carbonyl (C=O) groups excluding carboxylic acids is 1. The molecule has 104 valence electrons. The first kappa shape index (κ1) is 15.7. The first-order valence-electron chi connectivity index (χ1n) is 5.84. The van der Waals surface area contributed by atoms with Crippen LogP contribution in [0.25, 0.3) is 0 Å². The molecular weight excluding hydrogens is 361 g/mol. The minimum absolute atomic E-state index is 0.0913. The summed E-state index contributed by atoms with van der Waals surface area (Å²) in [6, 6.07) is 4.62. The number of hydrogen-bond donors (Lipinski definition) is 2. The van der Waals surface area contributed by atoms with Crippen LogP contribution in [0.5, 0.6) is 5.75 Å². The third-order valence-corrected chi connectivity index (χ3v) is 3.31. The van der Waals surface area contributed by atoms with Crippen molar-refractivity contribution in [2.24, 2.45) is 0 Å². The van der Waals surface area contributed by atoms with Gasteiger partial charge in [0.15, 0.2) is 0 Å². The maximum absolute atomic E-state index is 12.3. The van der Waals surface area contributed by atoms with E-state index < -0.39 is 5.97 Å². The molecule has 19 heavy (non-hydrogen) atoms. The monoisotopic (exact) mass is 377 g/mol. The molecule has 0 heterocycles. The largest absolute Gasteiger partial charge is 0.507 e. The van der Waals surface area contributed by atoms with Crippen LogP contribution in [0.3, 0.4) is 0 Å². The Bertz CT molecular complexity index is 488. The van der Waals surface area contributed by atoms with E-state index in [2.05, 4.69) is 22.6 Å². The summed E-state index contributed by atoms with van der Waals surface area (Å²) >= 11 is 2.05. The van der Waals surface area contributed by atoms with Gasteiger partial charge in [0.05, 0.1) is 12.0 Å². The summed E-state index contributed by atoms with van der Waals surface area (Å²) in [7, 11) is 0. The Hall–Kier alpha value is -1.31. The Morgan fingerprint density at radius 2 is 2.00 bits per heavy atom. The van der Waals surface area contributed by atoms with Crippen LogP contribution in [0.4, 0.5) is 0 Å². The fourth-order valence-corrected chi connectivity index (χ4v) is 2.14. The standard InChI is InChI=1S/C13H16INO4/c1-8(2)15(6-5-12(17)18)13(19)10-7-9(14)3-4-11(10)16/h3-4,7-8,16H,5-6H2,1-2H3,(H,17,18). The minimum atomic E-state index is -0.953. The highest BCUT2D eigenvalue weighted by molar-refractivity contribution is 14.1. The topological polar surface area (TPSA) is 77.8 Å². The van der Waals surface area contributed by atoms with E-state index in [0.717, 1.165) is 3.57 Å². The van der Waals surface area contributed by atoms with Gasteiger partial charge in [0.25, 0.3) is 5.91 Å². The lowest BCUT2D eigenvalue weighted by Crippen LogP contribution is -2.38. The predicted molar refractivity (Wildman–Crippen MR) is 79.2 cm³/mol. The number of carbonyl (C=O) groups is 2. The van der Waals surface area contributed by atoms with Crippen LogP contribution < -0.4 is 0 Å². The van der Waals surface area contributed by atoms with E-state index in [0.29, 0.717) is 0 Å². The summed E-state index contributed by atoms with van der Waals surface area (Å²) < 4.78 is 0.834. The van der Waals surface area contributed by atoms with Gasteiger partial charge in [-0.3, -0.25) is 9.59 Å². The van der Waals surface area contributed by atoms with Gasteiger partial charge in [-0.2, -0.15) is 0 Å². The molecule has 5 nitrogen and oxygen atoms in total.